The van der Waals surface area contributed by atoms with Gasteiger partial charge in [0.15, 0.2) is 0 Å². The summed E-state index contributed by atoms with van der Waals surface area (Å²) in [5.74, 6) is 0. The molecule has 0 atom stereocenters. The Labute approximate surface area is 85.9 Å². The van der Waals surface area contributed by atoms with Crippen molar-refractivity contribution < 1.29 is 0 Å². The van der Waals surface area contributed by atoms with Crippen LogP contribution in [0.5, 0.6) is 0 Å². The van der Waals surface area contributed by atoms with Gasteiger partial charge in [0.2, 0.25) is 0 Å². The fourth-order valence-corrected chi connectivity index (χ4v) is 1.21. The van der Waals surface area contributed by atoms with E-state index >= 15 is 0 Å². The summed E-state index contributed by atoms with van der Waals surface area (Å²) in [7, 11) is 4.16. The molecule has 14 heavy (non-hydrogen) atoms. The second kappa shape index (κ2) is 5.78. The topological polar surface area (TPSA) is 33.1 Å². The molecule has 0 aliphatic heterocycles. The summed E-state index contributed by atoms with van der Waals surface area (Å²) in [6.45, 7) is 6.05. The highest BCUT2D eigenvalue weighted by molar-refractivity contribution is 4.94. The van der Waals surface area contributed by atoms with Crippen molar-refractivity contribution in [2.24, 2.45) is 0 Å². The van der Waals surface area contributed by atoms with Crippen molar-refractivity contribution in [3.8, 4) is 0 Å². The second-order valence-corrected chi connectivity index (χ2v) is 3.77. The monoisotopic (exact) mass is 196 g/mol. The Morgan fingerprint density at radius 3 is 2.79 bits per heavy atom. The SMILES string of the molecule is Cc1ccn(CCNCCN(C)C)n1. The van der Waals surface area contributed by atoms with Crippen LogP contribution in [0.1, 0.15) is 5.69 Å². The fraction of sp³-hybridized carbons (Fsp3) is 0.700. The van der Waals surface area contributed by atoms with E-state index in [0.717, 1.165) is 31.9 Å². The van der Waals surface area contributed by atoms with Gasteiger partial charge in [-0.3, -0.25) is 4.68 Å². The molecule has 1 rings (SSSR count). The summed E-state index contributed by atoms with van der Waals surface area (Å²) in [5, 5.41) is 7.68. The molecule has 0 fully saturated rings. The molecule has 1 N–H and O–H groups in total. The average Bonchev–Trinajstić information content (AvgIpc) is 2.50. The highest BCUT2D eigenvalue weighted by Crippen LogP contribution is 1.90. The number of aryl methyl sites for hydroxylation is 1. The summed E-state index contributed by atoms with van der Waals surface area (Å²) < 4.78 is 1.97. The summed E-state index contributed by atoms with van der Waals surface area (Å²) in [6.07, 6.45) is 2.02. The Morgan fingerprint density at radius 1 is 1.43 bits per heavy atom. The number of nitrogens with one attached hydrogen (secondary N) is 1. The Kier molecular flexibility index (Phi) is 4.62. The first-order chi connectivity index (χ1) is 6.68. The zero-order valence-corrected chi connectivity index (χ0v) is 9.32. The molecule has 0 unspecified atom stereocenters. The van der Waals surface area contributed by atoms with Crippen LogP contribution in [0, 0.1) is 6.92 Å². The number of hydrogen-bond donors (Lipinski definition) is 1. The third-order valence-corrected chi connectivity index (χ3v) is 2.03. The maximum atomic E-state index is 4.31. The van der Waals surface area contributed by atoms with Gasteiger partial charge in [-0.2, -0.15) is 5.10 Å². The van der Waals surface area contributed by atoms with E-state index in [1.54, 1.807) is 0 Å². The van der Waals surface area contributed by atoms with E-state index in [1.165, 1.54) is 0 Å². The van der Waals surface area contributed by atoms with Crippen LogP contribution in [0.3, 0.4) is 0 Å². The molecule has 0 spiro atoms. The molecule has 0 aliphatic rings. The maximum Gasteiger partial charge on any atom is 0.0593 e. The first-order valence-corrected chi connectivity index (χ1v) is 5.04. The van der Waals surface area contributed by atoms with Crippen LogP contribution < -0.4 is 5.32 Å². The van der Waals surface area contributed by atoms with Crippen molar-refractivity contribution >= 4 is 0 Å². The lowest BCUT2D eigenvalue weighted by Crippen LogP contribution is -2.29. The molecular formula is C10H20N4. The van der Waals surface area contributed by atoms with Gasteiger partial charge in [-0.1, -0.05) is 0 Å². The number of likely N-dealkylation sites (N-methyl/N-ethyl adjacent to an activating group) is 1. The molecule has 4 nitrogen and oxygen atoms in total. The van der Waals surface area contributed by atoms with Crippen LogP contribution in [0.25, 0.3) is 0 Å². The summed E-state index contributed by atoms with van der Waals surface area (Å²) >= 11 is 0. The van der Waals surface area contributed by atoms with Gasteiger partial charge in [0, 0.05) is 25.8 Å². The lowest BCUT2D eigenvalue weighted by Gasteiger charge is -2.10. The molecule has 1 aromatic rings. The van der Waals surface area contributed by atoms with Crippen molar-refractivity contribution in [3.05, 3.63) is 18.0 Å². The van der Waals surface area contributed by atoms with E-state index in [0.29, 0.717) is 0 Å². The molecular weight excluding hydrogens is 176 g/mol. The van der Waals surface area contributed by atoms with Gasteiger partial charge in [0.05, 0.1) is 12.2 Å². The molecule has 1 heterocycles. The van der Waals surface area contributed by atoms with E-state index in [2.05, 4.69) is 29.4 Å². The Morgan fingerprint density at radius 2 is 2.21 bits per heavy atom. The van der Waals surface area contributed by atoms with E-state index < -0.39 is 0 Å². The molecule has 4 heteroatoms. The zero-order valence-electron chi connectivity index (χ0n) is 9.32. The van der Waals surface area contributed by atoms with E-state index in [9.17, 15) is 0 Å². The molecule has 1 aromatic heterocycles. The largest absolute Gasteiger partial charge is 0.314 e. The van der Waals surface area contributed by atoms with Crippen molar-refractivity contribution in [2.45, 2.75) is 13.5 Å². The maximum absolute atomic E-state index is 4.31. The van der Waals surface area contributed by atoms with Gasteiger partial charge < -0.3 is 10.2 Å². The fourth-order valence-electron chi connectivity index (χ4n) is 1.21. The normalized spacial score (nSPS) is 11.1. The number of aromatic nitrogens is 2. The van der Waals surface area contributed by atoms with E-state index in [4.69, 9.17) is 0 Å². The third-order valence-electron chi connectivity index (χ3n) is 2.03. The highest BCUT2D eigenvalue weighted by atomic mass is 15.3. The molecule has 0 aromatic carbocycles. The first kappa shape index (κ1) is 11.2. The highest BCUT2D eigenvalue weighted by Gasteiger charge is 1.93. The van der Waals surface area contributed by atoms with Crippen LogP contribution in [-0.2, 0) is 6.54 Å². The summed E-state index contributed by atoms with van der Waals surface area (Å²) in [6, 6.07) is 2.03. The van der Waals surface area contributed by atoms with E-state index in [1.807, 2.05) is 23.9 Å². The number of hydrogen-bond acceptors (Lipinski definition) is 3. The van der Waals surface area contributed by atoms with Gasteiger partial charge in [0.25, 0.3) is 0 Å². The smallest absolute Gasteiger partial charge is 0.0593 e. The Hall–Kier alpha value is -0.870. The molecule has 0 saturated carbocycles. The molecule has 0 aliphatic carbocycles. The first-order valence-electron chi connectivity index (χ1n) is 5.04. The Bertz CT molecular complexity index is 254. The second-order valence-electron chi connectivity index (χ2n) is 3.77. The predicted molar refractivity (Wildman–Crippen MR) is 58.4 cm³/mol. The van der Waals surface area contributed by atoms with E-state index in [-0.39, 0.29) is 0 Å². The van der Waals surface area contributed by atoms with Crippen molar-refractivity contribution in [1.29, 1.82) is 0 Å². The van der Waals surface area contributed by atoms with Crippen molar-refractivity contribution in [2.75, 3.05) is 33.7 Å². The van der Waals surface area contributed by atoms with Crippen LogP contribution in [0.4, 0.5) is 0 Å². The van der Waals surface area contributed by atoms with Crippen LogP contribution in [0.15, 0.2) is 12.3 Å². The minimum Gasteiger partial charge on any atom is -0.314 e. The van der Waals surface area contributed by atoms with Crippen LogP contribution in [0.2, 0.25) is 0 Å². The van der Waals surface area contributed by atoms with Gasteiger partial charge in [0.1, 0.15) is 0 Å². The van der Waals surface area contributed by atoms with Gasteiger partial charge in [-0.15, -0.1) is 0 Å². The molecule has 0 bridgehead atoms. The average molecular weight is 196 g/mol. The predicted octanol–water partition coefficient (Wildman–Crippen LogP) is 0.343. The van der Waals surface area contributed by atoms with Gasteiger partial charge in [-0.05, 0) is 27.1 Å². The van der Waals surface area contributed by atoms with Crippen molar-refractivity contribution in [1.82, 2.24) is 20.0 Å². The van der Waals surface area contributed by atoms with Crippen LogP contribution in [-0.4, -0.2) is 48.4 Å². The number of rotatable bonds is 6. The van der Waals surface area contributed by atoms with Crippen LogP contribution >= 0.6 is 0 Å². The Balaban J connectivity index is 2.04. The van der Waals surface area contributed by atoms with Crippen molar-refractivity contribution in [3.63, 3.8) is 0 Å². The standard InChI is InChI=1S/C10H20N4/c1-10-4-7-14(12-10)9-6-11-5-8-13(2)3/h4,7,11H,5-6,8-9H2,1-3H3. The molecule has 0 radical (unpaired) electrons. The molecule has 0 saturated heterocycles. The van der Waals surface area contributed by atoms with Gasteiger partial charge >= 0.3 is 0 Å². The lowest BCUT2D eigenvalue weighted by atomic mass is 10.5. The third kappa shape index (κ3) is 4.39. The minimum atomic E-state index is 0.946. The summed E-state index contributed by atoms with van der Waals surface area (Å²) in [5.41, 5.74) is 1.08. The lowest BCUT2D eigenvalue weighted by molar-refractivity contribution is 0.396. The summed E-state index contributed by atoms with van der Waals surface area (Å²) in [4.78, 5) is 2.17. The van der Waals surface area contributed by atoms with Gasteiger partial charge in [-0.25, -0.2) is 0 Å². The quantitative estimate of drug-likeness (QED) is 0.666. The zero-order chi connectivity index (χ0) is 10.4. The molecule has 80 valence electrons. The minimum absolute atomic E-state index is 0.946. The number of nitrogens with zero attached hydrogens (tertiary/aromatic N) is 3. The molecule has 0 amide bonds.